The van der Waals surface area contributed by atoms with Gasteiger partial charge < -0.3 is 15.6 Å². The summed E-state index contributed by atoms with van der Waals surface area (Å²) in [7, 11) is 1.24. The van der Waals surface area contributed by atoms with Gasteiger partial charge in [-0.15, -0.1) is 0 Å². The summed E-state index contributed by atoms with van der Waals surface area (Å²) in [5.74, 6) is -2.06. The average molecular weight is 583 g/mol. The number of halogens is 7. The summed E-state index contributed by atoms with van der Waals surface area (Å²) >= 11 is 0. The molecule has 1 heterocycles. The molecule has 0 aliphatic heterocycles. The number of aromatic nitrogens is 1. The van der Waals surface area contributed by atoms with E-state index in [0.29, 0.717) is 23.3 Å². The summed E-state index contributed by atoms with van der Waals surface area (Å²) in [6.07, 6.45) is -8.21. The molecule has 2 amide bonds. The summed E-state index contributed by atoms with van der Waals surface area (Å²) in [6.45, 7) is 5.12. The van der Waals surface area contributed by atoms with Gasteiger partial charge >= 0.3 is 12.4 Å². The first-order chi connectivity index (χ1) is 18.8. The number of carbonyl (C=O) groups excluding carboxylic acids is 2. The Hall–Kier alpha value is -4.29. The maximum Gasteiger partial charge on any atom is 0.416 e. The Morgan fingerprint density at radius 3 is 1.95 bits per heavy atom. The lowest BCUT2D eigenvalue weighted by atomic mass is 9.81. The number of pyridine rings is 1. The van der Waals surface area contributed by atoms with Crippen LogP contribution in [0.1, 0.15) is 48.6 Å². The molecular formula is C28H25F7N4O2. The second kappa shape index (κ2) is 10.9. The van der Waals surface area contributed by atoms with Gasteiger partial charge in [0.1, 0.15) is 11.6 Å². The van der Waals surface area contributed by atoms with Crippen molar-refractivity contribution in [2.75, 3.05) is 17.3 Å². The van der Waals surface area contributed by atoms with E-state index in [1.54, 1.807) is 6.92 Å². The SMILES string of the molecule is CC(=O)Nc1ncc(N(C)C(=O)C(C)(C)c2cc(C(F)(F)F)cc(C(F)(F)F)c2)c(-c2ccc(F)cc2C)c1C=N. The van der Waals surface area contributed by atoms with Crippen molar-refractivity contribution < 1.29 is 40.3 Å². The van der Waals surface area contributed by atoms with Gasteiger partial charge in [-0.3, -0.25) is 9.59 Å². The van der Waals surface area contributed by atoms with E-state index in [0.717, 1.165) is 23.4 Å². The molecule has 0 saturated carbocycles. The number of amides is 2. The van der Waals surface area contributed by atoms with Crippen molar-refractivity contribution >= 4 is 29.5 Å². The van der Waals surface area contributed by atoms with Crippen molar-refractivity contribution in [1.29, 1.82) is 5.41 Å². The van der Waals surface area contributed by atoms with Crippen LogP contribution in [0.25, 0.3) is 11.1 Å². The van der Waals surface area contributed by atoms with E-state index in [4.69, 9.17) is 5.41 Å². The zero-order valence-corrected chi connectivity index (χ0v) is 22.5. The topological polar surface area (TPSA) is 86.2 Å². The Bertz CT molecular complexity index is 1500. The number of nitrogens with one attached hydrogen (secondary N) is 2. The first-order valence-electron chi connectivity index (χ1n) is 11.9. The fourth-order valence-corrected chi connectivity index (χ4v) is 4.34. The molecular weight excluding hydrogens is 557 g/mol. The van der Waals surface area contributed by atoms with Crippen molar-refractivity contribution in [2.24, 2.45) is 0 Å². The summed E-state index contributed by atoms with van der Waals surface area (Å²) in [5.41, 5.74) is -4.69. The zero-order chi connectivity index (χ0) is 31.1. The maximum absolute atomic E-state index is 13.9. The Labute approximate surface area is 230 Å². The molecule has 0 bridgehead atoms. The number of nitrogens with zero attached hydrogens (tertiary/aromatic N) is 2. The van der Waals surface area contributed by atoms with Gasteiger partial charge in [-0.25, -0.2) is 9.37 Å². The van der Waals surface area contributed by atoms with Crippen LogP contribution in [0.3, 0.4) is 0 Å². The van der Waals surface area contributed by atoms with Gasteiger partial charge in [0.15, 0.2) is 0 Å². The Kier molecular flexibility index (Phi) is 8.34. The fourth-order valence-electron chi connectivity index (χ4n) is 4.34. The molecule has 1 aromatic heterocycles. The van der Waals surface area contributed by atoms with Crippen LogP contribution in [0.2, 0.25) is 0 Å². The van der Waals surface area contributed by atoms with E-state index >= 15 is 0 Å². The Morgan fingerprint density at radius 2 is 1.49 bits per heavy atom. The highest BCUT2D eigenvalue weighted by molar-refractivity contribution is 6.08. The van der Waals surface area contributed by atoms with Crippen molar-refractivity contribution in [2.45, 2.75) is 45.5 Å². The molecule has 3 aromatic rings. The molecule has 0 fully saturated rings. The van der Waals surface area contributed by atoms with E-state index in [1.165, 1.54) is 40.0 Å². The van der Waals surface area contributed by atoms with Gasteiger partial charge in [0.2, 0.25) is 11.8 Å². The molecule has 218 valence electrons. The molecule has 3 rings (SSSR count). The highest BCUT2D eigenvalue weighted by atomic mass is 19.4. The summed E-state index contributed by atoms with van der Waals surface area (Å²) in [5, 5.41) is 10.5. The molecule has 0 unspecified atom stereocenters. The summed E-state index contributed by atoms with van der Waals surface area (Å²) in [6, 6.07) is 4.66. The maximum atomic E-state index is 13.9. The lowest BCUT2D eigenvalue weighted by Crippen LogP contribution is -2.42. The standard InChI is InChI=1S/C28H25F7N4O2/c1-14-8-19(29)6-7-20(14)23-21(12-36)24(38-15(2)40)37-13-22(23)39(5)25(41)26(3,4)16-9-17(27(30,31)32)11-18(10-16)28(33,34)35/h6-13,36H,1-5H3,(H,37,38,40). The number of rotatable bonds is 6. The number of anilines is 2. The predicted octanol–water partition coefficient (Wildman–Crippen LogP) is 7.13. The van der Waals surface area contributed by atoms with Gasteiger partial charge in [0, 0.05) is 31.3 Å². The van der Waals surface area contributed by atoms with E-state index in [9.17, 15) is 40.3 Å². The molecule has 0 spiro atoms. The van der Waals surface area contributed by atoms with Gasteiger partial charge in [0.05, 0.1) is 28.4 Å². The molecule has 0 atom stereocenters. The molecule has 13 heteroatoms. The minimum Gasteiger partial charge on any atom is -0.313 e. The van der Waals surface area contributed by atoms with Crippen molar-refractivity contribution in [3.8, 4) is 11.1 Å². The molecule has 2 N–H and O–H groups in total. The van der Waals surface area contributed by atoms with Crippen LogP contribution in [0, 0.1) is 18.2 Å². The number of hydrogen-bond acceptors (Lipinski definition) is 4. The molecule has 0 aliphatic carbocycles. The van der Waals surface area contributed by atoms with Crippen LogP contribution in [-0.2, 0) is 27.4 Å². The molecule has 2 aromatic carbocycles. The normalized spacial score (nSPS) is 12.2. The Morgan fingerprint density at radius 1 is 0.951 bits per heavy atom. The molecule has 0 radical (unpaired) electrons. The smallest absolute Gasteiger partial charge is 0.313 e. The number of likely N-dealkylation sites (N-methyl/N-ethyl adjacent to an activating group) is 1. The third-order valence-electron chi connectivity index (χ3n) is 6.50. The van der Waals surface area contributed by atoms with Crippen LogP contribution in [0.4, 0.5) is 42.2 Å². The summed E-state index contributed by atoms with van der Waals surface area (Å²) < 4.78 is 95.0. The van der Waals surface area contributed by atoms with E-state index in [2.05, 4.69) is 10.3 Å². The van der Waals surface area contributed by atoms with Crippen LogP contribution in [0.5, 0.6) is 0 Å². The van der Waals surface area contributed by atoms with Gasteiger partial charge in [-0.05, 0) is 67.8 Å². The average Bonchev–Trinajstić information content (AvgIpc) is 2.86. The highest BCUT2D eigenvalue weighted by Crippen LogP contribution is 2.42. The minimum absolute atomic E-state index is 0.00778. The van der Waals surface area contributed by atoms with Crippen LogP contribution in [-0.4, -0.2) is 30.1 Å². The fraction of sp³-hybridized carbons (Fsp3) is 0.286. The van der Waals surface area contributed by atoms with Crippen LogP contribution >= 0.6 is 0 Å². The van der Waals surface area contributed by atoms with Gasteiger partial charge in [-0.1, -0.05) is 6.07 Å². The molecule has 6 nitrogen and oxygen atoms in total. The minimum atomic E-state index is -5.11. The highest BCUT2D eigenvalue weighted by Gasteiger charge is 2.41. The van der Waals surface area contributed by atoms with E-state index < -0.39 is 52.1 Å². The van der Waals surface area contributed by atoms with Gasteiger partial charge in [-0.2, -0.15) is 26.3 Å². The number of carbonyl (C=O) groups is 2. The predicted molar refractivity (Wildman–Crippen MR) is 139 cm³/mol. The first-order valence-corrected chi connectivity index (χ1v) is 11.9. The third kappa shape index (κ3) is 6.39. The van der Waals surface area contributed by atoms with Gasteiger partial charge in [0.25, 0.3) is 0 Å². The van der Waals surface area contributed by atoms with Crippen molar-refractivity contribution in [3.05, 3.63) is 76.2 Å². The van der Waals surface area contributed by atoms with E-state index in [1.807, 2.05) is 0 Å². The van der Waals surface area contributed by atoms with Crippen molar-refractivity contribution in [3.63, 3.8) is 0 Å². The van der Waals surface area contributed by atoms with Crippen molar-refractivity contribution in [1.82, 2.24) is 4.98 Å². The lowest BCUT2D eigenvalue weighted by Gasteiger charge is -2.32. The number of aryl methyl sites for hydroxylation is 1. The molecule has 0 aliphatic rings. The second-order valence-corrected chi connectivity index (χ2v) is 9.85. The third-order valence-corrected chi connectivity index (χ3v) is 6.50. The van der Waals surface area contributed by atoms with E-state index in [-0.39, 0.29) is 28.7 Å². The molecule has 41 heavy (non-hydrogen) atoms. The van der Waals surface area contributed by atoms with Crippen LogP contribution in [0.15, 0.2) is 42.6 Å². The quantitative estimate of drug-likeness (QED) is 0.240. The number of benzene rings is 2. The zero-order valence-electron chi connectivity index (χ0n) is 22.5. The molecule has 0 saturated heterocycles. The Balaban J connectivity index is 2.26. The number of alkyl halides is 6. The van der Waals surface area contributed by atoms with Crippen LogP contribution < -0.4 is 10.2 Å². The second-order valence-electron chi connectivity index (χ2n) is 9.85. The largest absolute Gasteiger partial charge is 0.416 e. The first kappa shape index (κ1) is 31.2. The summed E-state index contributed by atoms with van der Waals surface area (Å²) in [4.78, 5) is 30.7. The lowest BCUT2D eigenvalue weighted by molar-refractivity contribution is -0.143. The number of hydrogen-bond donors (Lipinski definition) is 2. The monoisotopic (exact) mass is 582 g/mol.